The quantitative estimate of drug-likeness (QED) is 0.392. The summed E-state index contributed by atoms with van der Waals surface area (Å²) in [6.07, 6.45) is -0.103. The maximum absolute atomic E-state index is 10.4. The number of hydrogen-bond donors (Lipinski definition) is 2. The standard InChI is InChI=1S/C6H10O3.H2O4S/c1-3-9-6(8)4-5(2)7;1-5(2,3)4/h3-4H2,1-2H3;(H2,1,2,3,4). The molecule has 0 atom stereocenters. The van der Waals surface area contributed by atoms with Crippen molar-refractivity contribution >= 4 is 22.2 Å². The van der Waals surface area contributed by atoms with Crippen LogP contribution in [0.25, 0.3) is 0 Å². The van der Waals surface area contributed by atoms with E-state index in [0.29, 0.717) is 6.61 Å². The molecule has 0 aliphatic carbocycles. The van der Waals surface area contributed by atoms with Crippen LogP contribution >= 0.6 is 0 Å². The fraction of sp³-hybridized carbons (Fsp3) is 0.667. The average Bonchev–Trinajstić information content (AvgIpc) is 1.80. The molecule has 0 aromatic rings. The second-order valence-corrected chi connectivity index (χ2v) is 3.03. The molecule has 14 heavy (non-hydrogen) atoms. The normalized spacial score (nSPS) is 9.71. The van der Waals surface area contributed by atoms with Crippen molar-refractivity contribution < 1.29 is 31.8 Å². The second-order valence-electron chi connectivity index (χ2n) is 2.13. The fourth-order valence-corrected chi connectivity index (χ4v) is 0.415. The summed E-state index contributed by atoms with van der Waals surface area (Å²) in [5, 5.41) is 0. The Morgan fingerprint density at radius 1 is 1.29 bits per heavy atom. The van der Waals surface area contributed by atoms with Gasteiger partial charge in [-0.05, 0) is 13.8 Å². The van der Waals surface area contributed by atoms with E-state index in [1.165, 1.54) is 6.92 Å². The van der Waals surface area contributed by atoms with Gasteiger partial charge in [-0.25, -0.2) is 0 Å². The summed E-state index contributed by atoms with van der Waals surface area (Å²) in [6.45, 7) is 3.40. The van der Waals surface area contributed by atoms with Gasteiger partial charge >= 0.3 is 16.4 Å². The van der Waals surface area contributed by atoms with Gasteiger partial charge in [0.05, 0.1) is 6.61 Å². The minimum atomic E-state index is -4.67. The lowest BCUT2D eigenvalue weighted by molar-refractivity contribution is -0.145. The highest BCUT2D eigenvalue weighted by atomic mass is 32.3. The molecule has 0 aliphatic rings. The first kappa shape index (κ1) is 15.5. The van der Waals surface area contributed by atoms with Gasteiger partial charge in [-0.3, -0.25) is 18.7 Å². The molecule has 84 valence electrons. The van der Waals surface area contributed by atoms with Crippen molar-refractivity contribution in [2.75, 3.05) is 6.61 Å². The molecule has 0 bridgehead atoms. The Bertz CT molecular complexity index is 271. The van der Waals surface area contributed by atoms with Gasteiger partial charge < -0.3 is 4.74 Å². The smallest absolute Gasteiger partial charge is 0.394 e. The topological polar surface area (TPSA) is 118 Å². The minimum Gasteiger partial charge on any atom is -0.466 e. The van der Waals surface area contributed by atoms with Crippen LogP contribution in [0.2, 0.25) is 0 Å². The Morgan fingerprint density at radius 3 is 1.86 bits per heavy atom. The average molecular weight is 228 g/mol. The molecule has 0 heterocycles. The molecule has 0 radical (unpaired) electrons. The highest BCUT2D eigenvalue weighted by Crippen LogP contribution is 1.86. The van der Waals surface area contributed by atoms with E-state index in [-0.39, 0.29) is 12.2 Å². The van der Waals surface area contributed by atoms with Crippen LogP contribution in [0.5, 0.6) is 0 Å². The molecule has 0 aromatic heterocycles. The molecule has 0 rings (SSSR count). The largest absolute Gasteiger partial charge is 0.466 e. The number of carbonyl (C=O) groups excluding carboxylic acids is 2. The van der Waals surface area contributed by atoms with Gasteiger partial charge in [0.15, 0.2) is 0 Å². The van der Waals surface area contributed by atoms with E-state index in [1.807, 2.05) is 0 Å². The van der Waals surface area contributed by atoms with Gasteiger partial charge in [0.2, 0.25) is 0 Å². The summed E-state index contributed by atoms with van der Waals surface area (Å²) in [6, 6.07) is 0. The van der Waals surface area contributed by atoms with E-state index in [1.54, 1.807) is 6.92 Å². The molecule has 0 amide bonds. The molecule has 8 heteroatoms. The molecular formula is C6H12O7S. The number of esters is 1. The third-order valence-corrected chi connectivity index (χ3v) is 0.699. The third kappa shape index (κ3) is 30.5. The lowest BCUT2D eigenvalue weighted by Crippen LogP contribution is -2.07. The van der Waals surface area contributed by atoms with Crippen molar-refractivity contribution in [1.29, 1.82) is 0 Å². The molecule has 2 N–H and O–H groups in total. The van der Waals surface area contributed by atoms with E-state index in [4.69, 9.17) is 17.5 Å². The van der Waals surface area contributed by atoms with E-state index in [0.717, 1.165) is 0 Å². The second kappa shape index (κ2) is 7.42. The van der Waals surface area contributed by atoms with Crippen LogP contribution in [0, 0.1) is 0 Å². The monoisotopic (exact) mass is 228 g/mol. The van der Waals surface area contributed by atoms with Crippen molar-refractivity contribution in [3.05, 3.63) is 0 Å². The first-order valence-electron chi connectivity index (χ1n) is 3.51. The van der Waals surface area contributed by atoms with Gasteiger partial charge in [-0.2, -0.15) is 8.42 Å². The Labute approximate surface area is 81.6 Å². The molecule has 0 saturated heterocycles. The number of carbonyl (C=O) groups is 2. The Morgan fingerprint density at radius 2 is 1.64 bits per heavy atom. The summed E-state index contributed by atoms with van der Waals surface area (Å²) in [5.74, 6) is -0.599. The molecular weight excluding hydrogens is 216 g/mol. The highest BCUT2D eigenvalue weighted by Gasteiger charge is 2.03. The van der Waals surface area contributed by atoms with Gasteiger partial charge in [0.25, 0.3) is 0 Å². The molecule has 0 aromatic carbocycles. The van der Waals surface area contributed by atoms with Crippen molar-refractivity contribution in [1.82, 2.24) is 0 Å². The van der Waals surface area contributed by atoms with Crippen molar-refractivity contribution in [3.8, 4) is 0 Å². The molecule has 0 aliphatic heterocycles. The zero-order valence-electron chi connectivity index (χ0n) is 7.76. The molecule has 0 saturated carbocycles. The third-order valence-electron chi connectivity index (χ3n) is 0.699. The maximum Gasteiger partial charge on any atom is 0.394 e. The van der Waals surface area contributed by atoms with Crippen molar-refractivity contribution in [2.45, 2.75) is 20.3 Å². The number of ether oxygens (including phenoxy) is 1. The molecule has 0 fully saturated rings. The summed E-state index contributed by atoms with van der Waals surface area (Å²) >= 11 is 0. The number of ketones is 1. The predicted molar refractivity (Wildman–Crippen MR) is 46.1 cm³/mol. The van der Waals surface area contributed by atoms with Crippen LogP contribution in [-0.4, -0.2) is 35.9 Å². The minimum absolute atomic E-state index is 0.103. The van der Waals surface area contributed by atoms with Gasteiger partial charge in [-0.15, -0.1) is 0 Å². The van der Waals surface area contributed by atoms with Crippen molar-refractivity contribution in [3.63, 3.8) is 0 Å². The Balaban J connectivity index is 0. The molecule has 0 spiro atoms. The van der Waals surface area contributed by atoms with Crippen molar-refractivity contribution in [2.24, 2.45) is 0 Å². The molecule has 7 nitrogen and oxygen atoms in total. The van der Waals surface area contributed by atoms with E-state index in [2.05, 4.69) is 4.74 Å². The van der Waals surface area contributed by atoms with E-state index in [9.17, 15) is 9.59 Å². The maximum atomic E-state index is 10.4. The lowest BCUT2D eigenvalue weighted by atomic mass is 10.3. The highest BCUT2D eigenvalue weighted by molar-refractivity contribution is 7.79. The number of Topliss-reactive ketones (excluding diaryl/α,β-unsaturated/α-hetero) is 1. The SMILES string of the molecule is CCOC(=O)CC(C)=O.O=S(=O)(O)O. The van der Waals surface area contributed by atoms with E-state index >= 15 is 0 Å². The first-order valence-corrected chi connectivity index (χ1v) is 4.91. The number of hydrogen-bond acceptors (Lipinski definition) is 5. The summed E-state index contributed by atoms with van der Waals surface area (Å²) in [7, 11) is -4.67. The lowest BCUT2D eigenvalue weighted by Gasteiger charge is -1.96. The van der Waals surface area contributed by atoms with Gasteiger partial charge in [0.1, 0.15) is 12.2 Å². The van der Waals surface area contributed by atoms with E-state index < -0.39 is 16.4 Å². The molecule has 0 unspecified atom stereocenters. The van der Waals surface area contributed by atoms with Gasteiger partial charge in [0, 0.05) is 0 Å². The summed E-state index contributed by atoms with van der Waals surface area (Å²) < 4.78 is 36.1. The van der Waals surface area contributed by atoms with Crippen LogP contribution in [0.3, 0.4) is 0 Å². The zero-order chi connectivity index (χ0) is 11.8. The van der Waals surface area contributed by atoms with Crippen LogP contribution < -0.4 is 0 Å². The van der Waals surface area contributed by atoms with Crippen LogP contribution in [-0.2, 0) is 24.7 Å². The van der Waals surface area contributed by atoms with Crippen LogP contribution in [0.1, 0.15) is 20.3 Å². The first-order chi connectivity index (χ1) is 6.16. The Hall–Kier alpha value is -0.990. The van der Waals surface area contributed by atoms with Gasteiger partial charge in [-0.1, -0.05) is 0 Å². The van der Waals surface area contributed by atoms with Crippen LogP contribution in [0.15, 0.2) is 0 Å². The Kier molecular flexibility index (Phi) is 8.20. The fourth-order valence-electron chi connectivity index (χ4n) is 0.415. The summed E-state index contributed by atoms with van der Waals surface area (Å²) in [4.78, 5) is 20.6. The zero-order valence-corrected chi connectivity index (χ0v) is 8.57. The summed E-state index contributed by atoms with van der Waals surface area (Å²) in [5.41, 5.74) is 0. The number of rotatable bonds is 3. The predicted octanol–water partition coefficient (Wildman–Crippen LogP) is -0.124. The van der Waals surface area contributed by atoms with Crippen LogP contribution in [0.4, 0.5) is 0 Å².